The van der Waals surface area contributed by atoms with Gasteiger partial charge in [-0.05, 0) is 54.4 Å². The molecule has 0 amide bonds. The van der Waals surface area contributed by atoms with Crippen LogP contribution < -0.4 is 0 Å². The van der Waals surface area contributed by atoms with E-state index in [2.05, 4.69) is 65.8 Å². The molecule has 0 aliphatic rings. The van der Waals surface area contributed by atoms with E-state index in [1.165, 1.54) is 89.0 Å². The molecule has 0 atom stereocenters. The number of phenols is 2. The Hall–Kier alpha value is -1.96. The molecule has 0 saturated heterocycles. The Balaban J connectivity index is 1.78. The van der Waals surface area contributed by atoms with Gasteiger partial charge in [0.1, 0.15) is 11.5 Å². The van der Waals surface area contributed by atoms with Crippen molar-refractivity contribution in [2.45, 2.75) is 150 Å². The van der Waals surface area contributed by atoms with E-state index in [1.54, 1.807) is 0 Å². The third-order valence-corrected chi connectivity index (χ3v) is 7.73. The first-order valence-electron chi connectivity index (χ1n) is 15.3. The van der Waals surface area contributed by atoms with Crippen LogP contribution in [0.4, 0.5) is 0 Å². The van der Waals surface area contributed by atoms with Crippen LogP contribution in [0.15, 0.2) is 24.3 Å². The number of unbranched alkanes of at least 4 members (excludes halogenated alkanes) is 13. The smallest absolute Gasteiger partial charge is 0.122 e. The fourth-order valence-corrected chi connectivity index (χ4v) is 5.54. The largest absolute Gasteiger partial charge is 0.507 e. The van der Waals surface area contributed by atoms with Crippen LogP contribution in [0, 0.1) is 13.8 Å². The van der Waals surface area contributed by atoms with Crippen molar-refractivity contribution in [3.63, 3.8) is 0 Å². The van der Waals surface area contributed by atoms with Gasteiger partial charge in [0.2, 0.25) is 0 Å². The molecule has 208 valence electrons. The average Bonchev–Trinajstić information content (AvgIpc) is 2.83. The van der Waals surface area contributed by atoms with E-state index in [0.717, 1.165) is 40.7 Å². The van der Waals surface area contributed by atoms with Gasteiger partial charge in [0.05, 0.1) is 0 Å². The van der Waals surface area contributed by atoms with Crippen LogP contribution in [0.1, 0.15) is 151 Å². The molecule has 0 aromatic heterocycles. The Morgan fingerprint density at radius 2 is 0.946 bits per heavy atom. The summed E-state index contributed by atoms with van der Waals surface area (Å²) in [5.74, 6) is 0.783. The first kappa shape index (κ1) is 31.3. The summed E-state index contributed by atoms with van der Waals surface area (Å²) in [6.45, 7) is 12.9. The minimum absolute atomic E-state index is 0.126. The first-order valence-corrected chi connectivity index (χ1v) is 15.3. The molecule has 0 aliphatic heterocycles. The van der Waals surface area contributed by atoms with Crippen LogP contribution in [0.5, 0.6) is 11.5 Å². The highest BCUT2D eigenvalue weighted by molar-refractivity contribution is 5.52. The lowest BCUT2D eigenvalue weighted by Crippen LogP contribution is -2.12. The van der Waals surface area contributed by atoms with Crippen molar-refractivity contribution in [1.82, 2.24) is 0 Å². The highest BCUT2D eigenvalue weighted by Gasteiger charge is 2.21. The molecule has 2 N–H and O–H groups in total. The minimum Gasteiger partial charge on any atom is -0.507 e. The standard InChI is InChI=1S/C35H56O2/c1-7-8-9-10-11-12-13-14-15-16-17-18-19-20-21-29-22-27(2)23-30(33(29)36)26-31-24-28(3)25-32(34(31)37)35(4,5)6/h22-25,36-37H,7-21,26H2,1-6H3. The fourth-order valence-electron chi connectivity index (χ4n) is 5.54. The summed E-state index contributed by atoms with van der Waals surface area (Å²) in [5.41, 5.74) is 6.03. The molecule has 0 fully saturated rings. The third kappa shape index (κ3) is 11.1. The van der Waals surface area contributed by atoms with Crippen LogP contribution in [-0.2, 0) is 18.3 Å². The van der Waals surface area contributed by atoms with E-state index < -0.39 is 0 Å². The molecule has 0 aliphatic carbocycles. The molecule has 2 aromatic carbocycles. The number of benzene rings is 2. The van der Waals surface area contributed by atoms with Crippen molar-refractivity contribution in [3.05, 3.63) is 57.6 Å². The predicted molar refractivity (Wildman–Crippen MR) is 161 cm³/mol. The third-order valence-electron chi connectivity index (χ3n) is 7.73. The molecule has 0 bridgehead atoms. The maximum Gasteiger partial charge on any atom is 0.122 e. The van der Waals surface area contributed by atoms with Crippen molar-refractivity contribution < 1.29 is 10.2 Å². The Morgan fingerprint density at radius 1 is 0.541 bits per heavy atom. The lowest BCUT2D eigenvalue weighted by atomic mass is 9.83. The van der Waals surface area contributed by atoms with E-state index in [9.17, 15) is 10.2 Å². The zero-order chi connectivity index (χ0) is 27.3. The van der Waals surface area contributed by atoms with Gasteiger partial charge >= 0.3 is 0 Å². The van der Waals surface area contributed by atoms with Gasteiger partial charge in [0, 0.05) is 6.42 Å². The molecule has 0 radical (unpaired) electrons. The summed E-state index contributed by atoms with van der Waals surface area (Å²) in [4.78, 5) is 0. The molecule has 0 spiro atoms. The van der Waals surface area contributed by atoms with Crippen molar-refractivity contribution in [2.24, 2.45) is 0 Å². The van der Waals surface area contributed by atoms with Gasteiger partial charge in [-0.25, -0.2) is 0 Å². The minimum atomic E-state index is -0.126. The van der Waals surface area contributed by atoms with Crippen molar-refractivity contribution >= 4 is 0 Å². The topological polar surface area (TPSA) is 40.5 Å². The van der Waals surface area contributed by atoms with Crippen molar-refractivity contribution in [2.75, 3.05) is 0 Å². The summed E-state index contributed by atoms with van der Waals surface area (Å²) >= 11 is 0. The van der Waals surface area contributed by atoms with Gasteiger partial charge < -0.3 is 10.2 Å². The summed E-state index contributed by atoms with van der Waals surface area (Å²) in [6, 6.07) is 8.34. The Morgan fingerprint density at radius 3 is 1.43 bits per heavy atom. The van der Waals surface area contributed by atoms with Crippen molar-refractivity contribution in [1.29, 1.82) is 0 Å². The van der Waals surface area contributed by atoms with Crippen LogP contribution in [0.25, 0.3) is 0 Å². The molecule has 2 heteroatoms. The zero-order valence-corrected chi connectivity index (χ0v) is 25.0. The van der Waals surface area contributed by atoms with E-state index >= 15 is 0 Å². The highest BCUT2D eigenvalue weighted by atomic mass is 16.3. The Labute approximate surface area is 228 Å². The number of phenolic OH excluding ortho intramolecular Hbond substituents is 2. The van der Waals surface area contributed by atoms with Crippen molar-refractivity contribution in [3.8, 4) is 11.5 Å². The SMILES string of the molecule is CCCCCCCCCCCCCCCCc1cc(C)cc(Cc2cc(C)cc(C(C)(C)C)c2O)c1O. The maximum atomic E-state index is 11.1. The highest BCUT2D eigenvalue weighted by Crippen LogP contribution is 2.37. The van der Waals surface area contributed by atoms with Crippen LogP contribution in [0.2, 0.25) is 0 Å². The van der Waals surface area contributed by atoms with Crippen LogP contribution in [0.3, 0.4) is 0 Å². The van der Waals surface area contributed by atoms with Gasteiger partial charge in [0.15, 0.2) is 0 Å². The zero-order valence-electron chi connectivity index (χ0n) is 25.0. The quantitative estimate of drug-likeness (QED) is 0.209. The molecule has 37 heavy (non-hydrogen) atoms. The molecule has 2 nitrogen and oxygen atoms in total. The monoisotopic (exact) mass is 508 g/mol. The van der Waals surface area contributed by atoms with Crippen LogP contribution >= 0.6 is 0 Å². The van der Waals surface area contributed by atoms with Gasteiger partial charge in [-0.15, -0.1) is 0 Å². The number of rotatable bonds is 17. The number of hydrogen-bond donors (Lipinski definition) is 2. The summed E-state index contributed by atoms with van der Waals surface area (Å²) in [5, 5.41) is 22.1. The summed E-state index contributed by atoms with van der Waals surface area (Å²) in [6.07, 6.45) is 20.5. The number of aromatic hydroxyl groups is 2. The molecule has 0 unspecified atom stereocenters. The second kappa shape index (κ2) is 16.1. The van der Waals surface area contributed by atoms with E-state index in [-0.39, 0.29) is 5.41 Å². The lowest BCUT2D eigenvalue weighted by molar-refractivity contribution is 0.439. The van der Waals surface area contributed by atoms with E-state index in [0.29, 0.717) is 17.9 Å². The average molecular weight is 509 g/mol. The molecule has 0 saturated carbocycles. The summed E-state index contributed by atoms with van der Waals surface area (Å²) < 4.78 is 0. The molecular formula is C35H56O2. The van der Waals surface area contributed by atoms with Gasteiger partial charge in [-0.1, -0.05) is 147 Å². The Kier molecular flexibility index (Phi) is 13.6. The Bertz CT molecular complexity index is 935. The lowest BCUT2D eigenvalue weighted by Gasteiger charge is -2.23. The maximum absolute atomic E-state index is 11.1. The number of aryl methyl sites for hydroxylation is 3. The van der Waals surface area contributed by atoms with Crippen LogP contribution in [-0.4, -0.2) is 10.2 Å². The van der Waals surface area contributed by atoms with E-state index in [4.69, 9.17) is 0 Å². The second-order valence-electron chi connectivity index (χ2n) is 12.5. The normalized spacial score (nSPS) is 11.8. The fraction of sp³-hybridized carbons (Fsp3) is 0.657. The predicted octanol–water partition coefficient (Wildman–Crippen LogP) is 10.6. The van der Waals surface area contributed by atoms with E-state index in [1.807, 2.05) is 0 Å². The molecular weight excluding hydrogens is 452 g/mol. The number of hydrogen-bond acceptors (Lipinski definition) is 2. The van der Waals surface area contributed by atoms with Gasteiger partial charge in [0.25, 0.3) is 0 Å². The second-order valence-corrected chi connectivity index (χ2v) is 12.5. The molecule has 2 rings (SSSR count). The molecule has 2 aromatic rings. The first-order chi connectivity index (χ1) is 17.6. The van der Waals surface area contributed by atoms with Gasteiger partial charge in [-0.3, -0.25) is 0 Å². The van der Waals surface area contributed by atoms with Gasteiger partial charge in [-0.2, -0.15) is 0 Å². The summed E-state index contributed by atoms with van der Waals surface area (Å²) in [7, 11) is 0. The molecule has 0 heterocycles.